The van der Waals surface area contributed by atoms with E-state index in [1.807, 2.05) is 12.1 Å². The number of imidazole rings is 1. The fourth-order valence-electron chi connectivity index (χ4n) is 2.44. The molecule has 124 valence electrons. The second-order valence-electron chi connectivity index (χ2n) is 5.23. The lowest BCUT2D eigenvalue weighted by molar-refractivity contribution is 1.30. The van der Waals surface area contributed by atoms with Crippen molar-refractivity contribution in [1.29, 1.82) is 0 Å². The minimum atomic E-state index is 0.443. The molecule has 0 saturated heterocycles. The monoisotopic (exact) mass is 387 g/mol. The van der Waals surface area contributed by atoms with Gasteiger partial charge in [0, 0.05) is 34.7 Å². The van der Waals surface area contributed by atoms with Crippen molar-refractivity contribution in [2.75, 3.05) is 5.73 Å². The van der Waals surface area contributed by atoms with E-state index in [-0.39, 0.29) is 0 Å². The Bertz CT molecular complexity index is 1040. The summed E-state index contributed by atoms with van der Waals surface area (Å²) in [5.74, 6) is 1.17. The number of nitrogens with two attached hydrogens (primary N) is 1. The van der Waals surface area contributed by atoms with Crippen molar-refractivity contribution >= 4 is 40.4 Å². The number of benzene rings is 1. The fourth-order valence-corrected chi connectivity index (χ4v) is 3.97. The Labute approximate surface area is 157 Å². The average molecular weight is 388 g/mol. The molecule has 3 heterocycles. The molecule has 0 aliphatic carbocycles. The van der Waals surface area contributed by atoms with Gasteiger partial charge < -0.3 is 10.7 Å². The van der Waals surface area contributed by atoms with Gasteiger partial charge in [-0.15, -0.1) is 11.3 Å². The SMILES string of the molecule is Nc1cc(-c2nc(-c3ccc(Cl)cc3Cl)c(-c3ncc[nH]3)s2)ccn1. The molecule has 0 amide bonds. The van der Waals surface area contributed by atoms with E-state index < -0.39 is 0 Å². The molecule has 5 nitrogen and oxygen atoms in total. The van der Waals surface area contributed by atoms with E-state index in [4.69, 9.17) is 33.9 Å². The van der Waals surface area contributed by atoms with Crippen LogP contribution < -0.4 is 5.73 Å². The van der Waals surface area contributed by atoms with E-state index in [9.17, 15) is 0 Å². The van der Waals surface area contributed by atoms with Crippen LogP contribution in [0.5, 0.6) is 0 Å². The number of anilines is 1. The number of thiazole rings is 1. The van der Waals surface area contributed by atoms with Crippen molar-refractivity contribution in [1.82, 2.24) is 19.9 Å². The van der Waals surface area contributed by atoms with Gasteiger partial charge in [-0.2, -0.15) is 0 Å². The Morgan fingerprint density at radius 3 is 2.64 bits per heavy atom. The van der Waals surface area contributed by atoms with Crippen LogP contribution in [0.3, 0.4) is 0 Å². The van der Waals surface area contributed by atoms with Crippen molar-refractivity contribution in [3.05, 3.63) is 59.0 Å². The van der Waals surface area contributed by atoms with Crippen molar-refractivity contribution in [2.24, 2.45) is 0 Å². The molecular weight excluding hydrogens is 377 g/mol. The Hall–Kier alpha value is -2.41. The third kappa shape index (κ3) is 3.11. The molecule has 0 unspecified atom stereocenters. The highest BCUT2D eigenvalue weighted by Crippen LogP contribution is 2.42. The zero-order valence-electron chi connectivity index (χ0n) is 12.7. The fraction of sp³-hybridized carbons (Fsp3) is 0. The van der Waals surface area contributed by atoms with Crippen molar-refractivity contribution in [3.63, 3.8) is 0 Å². The van der Waals surface area contributed by atoms with Gasteiger partial charge in [-0.3, -0.25) is 0 Å². The molecule has 0 spiro atoms. The zero-order valence-corrected chi connectivity index (χ0v) is 15.0. The van der Waals surface area contributed by atoms with Crippen LogP contribution in [-0.2, 0) is 0 Å². The number of hydrogen-bond donors (Lipinski definition) is 2. The number of pyridine rings is 1. The predicted molar refractivity (Wildman–Crippen MR) is 103 cm³/mol. The molecule has 0 atom stereocenters. The maximum atomic E-state index is 6.40. The van der Waals surface area contributed by atoms with Gasteiger partial charge in [0.2, 0.25) is 0 Å². The van der Waals surface area contributed by atoms with Crippen LogP contribution in [0.15, 0.2) is 48.9 Å². The van der Waals surface area contributed by atoms with Crippen LogP contribution >= 0.6 is 34.5 Å². The lowest BCUT2D eigenvalue weighted by Crippen LogP contribution is -1.89. The largest absolute Gasteiger partial charge is 0.384 e. The first-order valence-corrected chi connectivity index (χ1v) is 8.87. The topological polar surface area (TPSA) is 80.5 Å². The number of nitrogens with one attached hydrogen (secondary N) is 1. The molecular formula is C17H11Cl2N5S. The van der Waals surface area contributed by atoms with E-state index in [2.05, 4.69) is 15.0 Å². The first-order chi connectivity index (χ1) is 12.1. The van der Waals surface area contributed by atoms with Crippen LogP contribution in [0.2, 0.25) is 10.0 Å². The summed E-state index contributed by atoms with van der Waals surface area (Å²) in [7, 11) is 0. The van der Waals surface area contributed by atoms with Crippen LogP contribution in [0.4, 0.5) is 5.82 Å². The minimum absolute atomic E-state index is 0.443. The summed E-state index contributed by atoms with van der Waals surface area (Å²) in [6.07, 6.45) is 5.13. The Kier molecular flexibility index (Phi) is 4.17. The summed E-state index contributed by atoms with van der Waals surface area (Å²) in [6, 6.07) is 9.01. The second kappa shape index (κ2) is 6.48. The summed E-state index contributed by atoms with van der Waals surface area (Å²) in [4.78, 5) is 17.2. The minimum Gasteiger partial charge on any atom is -0.384 e. The Balaban J connectivity index is 1.93. The van der Waals surface area contributed by atoms with Gasteiger partial charge in [-0.1, -0.05) is 23.2 Å². The molecule has 0 aliphatic heterocycles. The van der Waals surface area contributed by atoms with Crippen molar-refractivity contribution in [3.8, 4) is 32.5 Å². The maximum Gasteiger partial charge on any atom is 0.149 e. The van der Waals surface area contributed by atoms with Gasteiger partial charge in [0.15, 0.2) is 0 Å². The molecule has 0 saturated carbocycles. The van der Waals surface area contributed by atoms with E-state index in [1.54, 1.807) is 36.8 Å². The highest BCUT2D eigenvalue weighted by atomic mass is 35.5. The highest BCUT2D eigenvalue weighted by Gasteiger charge is 2.19. The number of nitrogen functional groups attached to an aromatic ring is 1. The van der Waals surface area contributed by atoms with E-state index in [0.29, 0.717) is 15.9 Å². The first-order valence-electron chi connectivity index (χ1n) is 7.30. The third-order valence-corrected chi connectivity index (χ3v) is 5.21. The summed E-state index contributed by atoms with van der Waals surface area (Å²) < 4.78 is 0. The van der Waals surface area contributed by atoms with E-state index in [0.717, 1.165) is 32.5 Å². The van der Waals surface area contributed by atoms with Gasteiger partial charge >= 0.3 is 0 Å². The summed E-state index contributed by atoms with van der Waals surface area (Å²) in [5.41, 5.74) is 8.23. The molecule has 0 radical (unpaired) electrons. The molecule has 1 aromatic carbocycles. The average Bonchev–Trinajstić information content (AvgIpc) is 3.24. The molecule has 3 aromatic heterocycles. The Morgan fingerprint density at radius 2 is 1.92 bits per heavy atom. The Morgan fingerprint density at radius 1 is 1.04 bits per heavy atom. The van der Waals surface area contributed by atoms with Gasteiger partial charge in [0.05, 0.1) is 15.6 Å². The van der Waals surface area contributed by atoms with Gasteiger partial charge in [0.25, 0.3) is 0 Å². The van der Waals surface area contributed by atoms with Crippen LogP contribution in [0.1, 0.15) is 0 Å². The van der Waals surface area contributed by atoms with Crippen molar-refractivity contribution in [2.45, 2.75) is 0 Å². The number of halogens is 2. The lowest BCUT2D eigenvalue weighted by atomic mass is 10.1. The number of hydrogen-bond acceptors (Lipinski definition) is 5. The molecule has 4 rings (SSSR count). The molecule has 4 aromatic rings. The lowest BCUT2D eigenvalue weighted by Gasteiger charge is -2.03. The summed E-state index contributed by atoms with van der Waals surface area (Å²) >= 11 is 13.9. The highest BCUT2D eigenvalue weighted by molar-refractivity contribution is 7.18. The van der Waals surface area contributed by atoms with Crippen LogP contribution in [0, 0.1) is 0 Å². The number of aromatic amines is 1. The van der Waals surface area contributed by atoms with Crippen LogP contribution in [0.25, 0.3) is 32.5 Å². The maximum absolute atomic E-state index is 6.40. The first kappa shape index (κ1) is 16.1. The molecule has 3 N–H and O–H groups in total. The number of rotatable bonds is 3. The van der Waals surface area contributed by atoms with E-state index in [1.165, 1.54) is 11.3 Å². The molecule has 0 aliphatic rings. The van der Waals surface area contributed by atoms with Crippen LogP contribution in [-0.4, -0.2) is 19.9 Å². The van der Waals surface area contributed by atoms with Gasteiger partial charge in [0.1, 0.15) is 16.6 Å². The molecule has 0 bridgehead atoms. The smallest absolute Gasteiger partial charge is 0.149 e. The standard InChI is InChI=1S/C17H11Cl2N5S/c18-10-1-2-11(12(19)8-10)14-15(16-22-5-6-23-16)25-17(24-14)9-3-4-21-13(20)7-9/h1-8H,(H2,20,21)(H,22,23). The van der Waals surface area contributed by atoms with Gasteiger partial charge in [-0.25, -0.2) is 15.0 Å². The third-order valence-electron chi connectivity index (χ3n) is 3.55. The van der Waals surface area contributed by atoms with Gasteiger partial charge in [-0.05, 0) is 30.3 Å². The number of nitrogens with zero attached hydrogens (tertiary/aromatic N) is 3. The quantitative estimate of drug-likeness (QED) is 0.509. The van der Waals surface area contributed by atoms with E-state index >= 15 is 0 Å². The summed E-state index contributed by atoms with van der Waals surface area (Å²) in [6.45, 7) is 0. The summed E-state index contributed by atoms with van der Waals surface area (Å²) in [5, 5.41) is 1.92. The number of H-pyrrole nitrogens is 1. The molecule has 25 heavy (non-hydrogen) atoms. The second-order valence-corrected chi connectivity index (χ2v) is 7.07. The van der Waals surface area contributed by atoms with Crippen molar-refractivity contribution < 1.29 is 0 Å². The molecule has 8 heteroatoms. The molecule has 0 fully saturated rings. The predicted octanol–water partition coefficient (Wildman–Crippen LogP) is 5.15. The number of aromatic nitrogens is 4. The zero-order chi connectivity index (χ0) is 17.4. The normalized spacial score (nSPS) is 11.0.